The van der Waals surface area contributed by atoms with Crippen molar-refractivity contribution in [3.8, 4) is 0 Å². The van der Waals surface area contributed by atoms with E-state index in [-0.39, 0.29) is 28.2 Å². The number of carbonyl (C=O) groups is 1. The topological polar surface area (TPSA) is 101 Å². The molecule has 0 aliphatic carbocycles. The van der Waals surface area contributed by atoms with Crippen LogP contribution >= 0.6 is 11.3 Å². The van der Waals surface area contributed by atoms with Gasteiger partial charge in [-0.1, -0.05) is 38.1 Å². The second kappa shape index (κ2) is 7.86. The summed E-state index contributed by atoms with van der Waals surface area (Å²) in [4.78, 5) is 13.4. The van der Waals surface area contributed by atoms with Gasteiger partial charge in [-0.25, -0.2) is 13.1 Å². The average molecular weight is 420 g/mol. The highest BCUT2D eigenvalue weighted by Gasteiger charge is 2.21. The minimum atomic E-state index is -3.74. The molecule has 3 rings (SSSR count). The molecule has 2 N–H and O–H groups in total. The van der Waals surface area contributed by atoms with E-state index >= 15 is 0 Å². The molecule has 0 saturated heterocycles. The standard InChI is InChI=1S/C19H21N3O4S2/c1-19(2,3)16-11-17(22-26-16)21-18(23)13-6-4-8-15(10-13)28(24,25)20-12-14-7-5-9-27-14/h4-11,20H,12H2,1-3H3,(H,21,22,23). The molecule has 0 aliphatic heterocycles. The van der Waals surface area contributed by atoms with Crippen molar-refractivity contribution in [3.05, 3.63) is 64.0 Å². The molecule has 0 aliphatic rings. The summed E-state index contributed by atoms with van der Waals surface area (Å²) in [5, 5.41) is 8.35. The quantitative estimate of drug-likeness (QED) is 0.633. The van der Waals surface area contributed by atoms with E-state index in [9.17, 15) is 13.2 Å². The number of hydrogen-bond donors (Lipinski definition) is 2. The molecule has 2 aromatic heterocycles. The largest absolute Gasteiger partial charge is 0.359 e. The van der Waals surface area contributed by atoms with E-state index in [1.165, 1.54) is 29.5 Å². The average Bonchev–Trinajstić information content (AvgIpc) is 3.31. The summed E-state index contributed by atoms with van der Waals surface area (Å²) in [7, 11) is -3.74. The van der Waals surface area contributed by atoms with Gasteiger partial charge >= 0.3 is 0 Å². The molecule has 0 bridgehead atoms. The van der Waals surface area contributed by atoms with Crippen molar-refractivity contribution in [3.63, 3.8) is 0 Å². The van der Waals surface area contributed by atoms with Gasteiger partial charge in [0, 0.05) is 28.5 Å². The van der Waals surface area contributed by atoms with Crippen molar-refractivity contribution in [1.29, 1.82) is 0 Å². The molecule has 1 aromatic carbocycles. The molecule has 1 amide bonds. The Hall–Kier alpha value is -2.49. The van der Waals surface area contributed by atoms with E-state index in [2.05, 4.69) is 15.2 Å². The highest BCUT2D eigenvalue weighted by atomic mass is 32.2. The maximum atomic E-state index is 12.5. The number of carbonyl (C=O) groups excluding carboxylic acids is 1. The Bertz CT molecular complexity index is 1060. The number of rotatable bonds is 6. The van der Waals surface area contributed by atoms with Crippen LogP contribution in [0.5, 0.6) is 0 Å². The zero-order valence-electron chi connectivity index (χ0n) is 15.7. The van der Waals surface area contributed by atoms with Crippen LogP contribution in [0.1, 0.15) is 41.8 Å². The van der Waals surface area contributed by atoms with Gasteiger partial charge < -0.3 is 9.84 Å². The molecule has 2 heterocycles. The number of nitrogens with one attached hydrogen (secondary N) is 2. The summed E-state index contributed by atoms with van der Waals surface area (Å²) in [6, 6.07) is 11.2. The number of nitrogens with zero attached hydrogens (tertiary/aromatic N) is 1. The third-order valence-corrected chi connectivity index (χ3v) is 6.19. The van der Waals surface area contributed by atoms with Gasteiger partial charge in [-0.2, -0.15) is 0 Å². The zero-order valence-corrected chi connectivity index (χ0v) is 17.4. The zero-order chi connectivity index (χ0) is 20.4. The predicted octanol–water partition coefficient (Wildman–Crippen LogP) is 3.76. The summed E-state index contributed by atoms with van der Waals surface area (Å²) >= 11 is 1.46. The number of hydrogen-bond acceptors (Lipinski definition) is 6. The predicted molar refractivity (Wildman–Crippen MR) is 108 cm³/mol. The molecule has 0 fully saturated rings. The summed E-state index contributed by atoms with van der Waals surface area (Å²) < 4.78 is 32.8. The lowest BCUT2D eigenvalue weighted by Gasteiger charge is -2.12. The lowest BCUT2D eigenvalue weighted by atomic mass is 9.93. The molecule has 0 saturated carbocycles. The smallest absolute Gasteiger partial charge is 0.256 e. The lowest BCUT2D eigenvalue weighted by molar-refractivity contribution is 0.102. The lowest BCUT2D eigenvalue weighted by Crippen LogP contribution is -2.23. The van der Waals surface area contributed by atoms with E-state index in [1.54, 1.807) is 12.1 Å². The van der Waals surface area contributed by atoms with Crippen LogP contribution in [0, 0.1) is 0 Å². The molecule has 28 heavy (non-hydrogen) atoms. The van der Waals surface area contributed by atoms with E-state index < -0.39 is 15.9 Å². The second-order valence-electron chi connectivity index (χ2n) is 7.21. The van der Waals surface area contributed by atoms with Crippen molar-refractivity contribution < 1.29 is 17.7 Å². The van der Waals surface area contributed by atoms with Gasteiger partial charge in [-0.3, -0.25) is 4.79 Å². The van der Waals surface area contributed by atoms with Crippen molar-refractivity contribution in [1.82, 2.24) is 9.88 Å². The molecular weight excluding hydrogens is 398 g/mol. The van der Waals surface area contributed by atoms with Crippen LogP contribution in [0.2, 0.25) is 0 Å². The Morgan fingerprint density at radius 1 is 1.18 bits per heavy atom. The van der Waals surface area contributed by atoms with Crippen molar-refractivity contribution in [2.75, 3.05) is 5.32 Å². The summed E-state index contributed by atoms with van der Waals surface area (Å²) in [6.45, 7) is 6.11. The van der Waals surface area contributed by atoms with Crippen LogP contribution < -0.4 is 10.0 Å². The molecule has 7 nitrogen and oxygen atoms in total. The minimum absolute atomic E-state index is 0.0206. The fourth-order valence-corrected chi connectivity index (χ4v) is 4.13. The van der Waals surface area contributed by atoms with Crippen LogP contribution in [0.15, 0.2) is 57.3 Å². The van der Waals surface area contributed by atoms with E-state index in [1.807, 2.05) is 38.3 Å². The van der Waals surface area contributed by atoms with E-state index in [0.717, 1.165) is 4.88 Å². The number of thiophene rings is 1. The van der Waals surface area contributed by atoms with Gasteiger partial charge in [-0.15, -0.1) is 11.3 Å². The van der Waals surface area contributed by atoms with Gasteiger partial charge in [-0.05, 0) is 29.6 Å². The second-order valence-corrected chi connectivity index (χ2v) is 10.0. The SMILES string of the molecule is CC(C)(C)c1cc(NC(=O)c2cccc(S(=O)(=O)NCc3cccs3)c2)no1. The first-order valence-electron chi connectivity index (χ1n) is 8.56. The van der Waals surface area contributed by atoms with Gasteiger partial charge in [0.1, 0.15) is 5.76 Å². The monoisotopic (exact) mass is 419 g/mol. The first-order valence-corrected chi connectivity index (χ1v) is 10.9. The highest BCUT2D eigenvalue weighted by molar-refractivity contribution is 7.89. The Balaban J connectivity index is 1.73. The highest BCUT2D eigenvalue weighted by Crippen LogP contribution is 2.24. The van der Waals surface area contributed by atoms with Gasteiger partial charge in [0.2, 0.25) is 10.0 Å². The summed E-state index contributed by atoms with van der Waals surface area (Å²) in [6.07, 6.45) is 0. The molecule has 148 valence electrons. The Kier molecular flexibility index (Phi) is 5.69. The third kappa shape index (κ3) is 4.86. The molecule has 0 atom stereocenters. The van der Waals surface area contributed by atoms with Crippen LogP contribution in [-0.2, 0) is 22.0 Å². The first-order chi connectivity index (χ1) is 13.1. The maximum absolute atomic E-state index is 12.5. The molecule has 0 radical (unpaired) electrons. The fourth-order valence-electron chi connectivity index (χ4n) is 2.34. The van der Waals surface area contributed by atoms with Gasteiger partial charge in [0.25, 0.3) is 5.91 Å². The van der Waals surface area contributed by atoms with Crippen LogP contribution in [0.3, 0.4) is 0 Å². The number of anilines is 1. The van der Waals surface area contributed by atoms with Gasteiger partial charge in [0.05, 0.1) is 4.90 Å². The summed E-state index contributed by atoms with van der Waals surface area (Å²) in [5.41, 5.74) is -0.0302. The van der Waals surface area contributed by atoms with Crippen molar-refractivity contribution in [2.45, 2.75) is 37.6 Å². The minimum Gasteiger partial charge on any atom is -0.359 e. The van der Waals surface area contributed by atoms with E-state index in [4.69, 9.17) is 4.52 Å². The Labute approximate surface area is 167 Å². The number of benzene rings is 1. The van der Waals surface area contributed by atoms with E-state index in [0.29, 0.717) is 5.76 Å². The molecular formula is C19H21N3O4S2. The molecule has 3 aromatic rings. The first kappa shape index (κ1) is 20.2. The number of sulfonamides is 1. The maximum Gasteiger partial charge on any atom is 0.256 e. The molecule has 9 heteroatoms. The number of amides is 1. The molecule has 0 spiro atoms. The van der Waals surface area contributed by atoms with Crippen LogP contribution in [-0.4, -0.2) is 19.5 Å². The van der Waals surface area contributed by atoms with Gasteiger partial charge in [0.15, 0.2) is 5.82 Å². The Morgan fingerprint density at radius 3 is 2.61 bits per heavy atom. The summed E-state index contributed by atoms with van der Waals surface area (Å²) in [5.74, 6) is 0.444. The van der Waals surface area contributed by atoms with Crippen molar-refractivity contribution in [2.24, 2.45) is 0 Å². The Morgan fingerprint density at radius 2 is 1.96 bits per heavy atom. The third-order valence-electron chi connectivity index (χ3n) is 3.91. The molecule has 0 unspecified atom stereocenters. The van der Waals surface area contributed by atoms with Crippen LogP contribution in [0.4, 0.5) is 5.82 Å². The normalized spacial score (nSPS) is 12.1. The fraction of sp³-hybridized carbons (Fsp3) is 0.263. The van der Waals surface area contributed by atoms with Crippen LogP contribution in [0.25, 0.3) is 0 Å². The number of aromatic nitrogens is 1. The van der Waals surface area contributed by atoms with Crippen molar-refractivity contribution >= 4 is 33.1 Å².